The first kappa shape index (κ1) is 15.6. The van der Waals surface area contributed by atoms with Crippen molar-refractivity contribution in [3.05, 3.63) is 57.8 Å². The monoisotopic (exact) mass is 344 g/mol. The summed E-state index contributed by atoms with van der Waals surface area (Å²) in [4.78, 5) is -0.399. The highest BCUT2D eigenvalue weighted by Gasteiger charge is 2.20. The number of anilines is 1. The zero-order valence-electron chi connectivity index (χ0n) is 10.3. The van der Waals surface area contributed by atoms with E-state index in [9.17, 15) is 12.8 Å². The minimum Gasteiger partial charge on any atom is -0.278 e. The van der Waals surface area contributed by atoms with Gasteiger partial charge in [-0.15, -0.1) is 0 Å². The molecule has 0 bridgehead atoms. The van der Waals surface area contributed by atoms with E-state index < -0.39 is 20.7 Å². The van der Waals surface area contributed by atoms with Crippen LogP contribution in [0.1, 0.15) is 5.56 Å². The molecular weight excluding hydrogens is 338 g/mol. The standard InChI is InChI=1S/C13H7Cl2FN2O2S/c14-10-3-2-9(16)6-13(10)21(19,20)18-12-4-1-8(7-17)5-11(12)15/h1-6,18H. The predicted molar refractivity (Wildman–Crippen MR) is 78.4 cm³/mol. The Balaban J connectivity index is 2.43. The minimum atomic E-state index is -4.10. The smallest absolute Gasteiger partial charge is 0.263 e. The van der Waals surface area contributed by atoms with E-state index in [2.05, 4.69) is 4.72 Å². The van der Waals surface area contributed by atoms with Crippen LogP contribution in [0.25, 0.3) is 0 Å². The molecule has 0 heterocycles. The fraction of sp³-hybridized carbons (Fsp3) is 0. The molecule has 108 valence electrons. The van der Waals surface area contributed by atoms with E-state index in [1.54, 1.807) is 0 Å². The van der Waals surface area contributed by atoms with Crippen LogP contribution in [0.3, 0.4) is 0 Å². The molecule has 0 saturated heterocycles. The first-order valence-electron chi connectivity index (χ1n) is 5.51. The van der Waals surface area contributed by atoms with Gasteiger partial charge in [-0.1, -0.05) is 23.2 Å². The summed E-state index contributed by atoms with van der Waals surface area (Å²) in [6.07, 6.45) is 0. The van der Waals surface area contributed by atoms with Gasteiger partial charge in [0.05, 0.1) is 27.4 Å². The van der Waals surface area contributed by atoms with Crippen molar-refractivity contribution in [2.75, 3.05) is 4.72 Å². The van der Waals surface area contributed by atoms with Gasteiger partial charge in [0.2, 0.25) is 0 Å². The lowest BCUT2D eigenvalue weighted by Gasteiger charge is -2.11. The summed E-state index contributed by atoms with van der Waals surface area (Å²) in [5.41, 5.74) is 0.350. The molecule has 0 saturated carbocycles. The third-order valence-electron chi connectivity index (χ3n) is 2.53. The van der Waals surface area contributed by atoms with E-state index in [-0.39, 0.29) is 21.3 Å². The van der Waals surface area contributed by atoms with Crippen molar-refractivity contribution in [2.45, 2.75) is 4.90 Å². The Kier molecular flexibility index (Phi) is 4.37. The minimum absolute atomic E-state index is 0.0464. The third-order valence-corrected chi connectivity index (χ3v) is 4.69. The fourth-order valence-corrected chi connectivity index (χ4v) is 3.43. The van der Waals surface area contributed by atoms with Gasteiger partial charge in [0.25, 0.3) is 10.0 Å². The number of rotatable bonds is 3. The number of hydrogen-bond acceptors (Lipinski definition) is 3. The number of sulfonamides is 1. The Labute approximate surface area is 130 Å². The molecule has 0 amide bonds. The van der Waals surface area contributed by atoms with Gasteiger partial charge in [0.1, 0.15) is 10.7 Å². The van der Waals surface area contributed by atoms with Crippen molar-refractivity contribution < 1.29 is 12.8 Å². The SMILES string of the molecule is N#Cc1ccc(NS(=O)(=O)c2cc(F)ccc2Cl)c(Cl)c1. The molecule has 0 spiro atoms. The summed E-state index contributed by atoms with van der Waals surface area (Å²) < 4.78 is 39.8. The Morgan fingerprint density at radius 3 is 2.43 bits per heavy atom. The summed E-state index contributed by atoms with van der Waals surface area (Å²) in [6, 6.07) is 8.93. The summed E-state index contributed by atoms with van der Waals surface area (Å²) in [6.45, 7) is 0. The van der Waals surface area contributed by atoms with Crippen LogP contribution in [0.15, 0.2) is 41.3 Å². The number of halogens is 3. The fourth-order valence-electron chi connectivity index (χ4n) is 1.55. The van der Waals surface area contributed by atoms with Crippen LogP contribution in [0.5, 0.6) is 0 Å². The van der Waals surface area contributed by atoms with Crippen molar-refractivity contribution in [2.24, 2.45) is 0 Å². The molecule has 0 aromatic heterocycles. The largest absolute Gasteiger partial charge is 0.278 e. The van der Waals surface area contributed by atoms with Gasteiger partial charge in [-0.3, -0.25) is 4.72 Å². The van der Waals surface area contributed by atoms with Gasteiger partial charge in [-0.05, 0) is 36.4 Å². The van der Waals surface area contributed by atoms with Crippen LogP contribution in [0.2, 0.25) is 10.0 Å². The molecule has 2 rings (SSSR count). The topological polar surface area (TPSA) is 70.0 Å². The summed E-state index contributed by atoms with van der Waals surface area (Å²) in [5.74, 6) is -0.731. The number of benzene rings is 2. The molecular formula is C13H7Cl2FN2O2S. The second kappa shape index (κ2) is 5.90. The average molecular weight is 345 g/mol. The van der Waals surface area contributed by atoms with Gasteiger partial charge < -0.3 is 0 Å². The van der Waals surface area contributed by atoms with E-state index in [0.29, 0.717) is 0 Å². The third kappa shape index (κ3) is 3.45. The normalized spacial score (nSPS) is 11.0. The molecule has 0 radical (unpaired) electrons. The lowest BCUT2D eigenvalue weighted by molar-refractivity contribution is 0.595. The van der Waals surface area contributed by atoms with Gasteiger partial charge >= 0.3 is 0 Å². The van der Waals surface area contributed by atoms with E-state index in [4.69, 9.17) is 28.5 Å². The van der Waals surface area contributed by atoms with Gasteiger partial charge in [-0.25, -0.2) is 12.8 Å². The molecule has 0 atom stereocenters. The average Bonchev–Trinajstić information content (AvgIpc) is 2.43. The highest BCUT2D eigenvalue weighted by molar-refractivity contribution is 7.92. The maximum Gasteiger partial charge on any atom is 0.263 e. The zero-order valence-corrected chi connectivity index (χ0v) is 12.6. The lowest BCUT2D eigenvalue weighted by Crippen LogP contribution is -2.14. The van der Waals surface area contributed by atoms with Crippen molar-refractivity contribution in [1.82, 2.24) is 0 Å². The van der Waals surface area contributed by atoms with Crippen LogP contribution in [0, 0.1) is 17.1 Å². The quantitative estimate of drug-likeness (QED) is 0.920. The van der Waals surface area contributed by atoms with Crippen molar-refractivity contribution in [3.63, 3.8) is 0 Å². The lowest BCUT2D eigenvalue weighted by atomic mass is 10.2. The van der Waals surface area contributed by atoms with Gasteiger partial charge in [0.15, 0.2) is 0 Å². The molecule has 1 N–H and O–H groups in total. The molecule has 0 fully saturated rings. The zero-order chi connectivity index (χ0) is 15.6. The van der Waals surface area contributed by atoms with Crippen molar-refractivity contribution in [3.8, 4) is 6.07 Å². The Bertz CT molecular complexity index is 848. The number of nitriles is 1. The highest BCUT2D eigenvalue weighted by Crippen LogP contribution is 2.28. The summed E-state index contributed by atoms with van der Waals surface area (Å²) in [5, 5.41) is 8.65. The number of hydrogen-bond donors (Lipinski definition) is 1. The molecule has 0 aliphatic rings. The molecule has 4 nitrogen and oxygen atoms in total. The summed E-state index contributed by atoms with van der Waals surface area (Å²) >= 11 is 11.7. The molecule has 0 unspecified atom stereocenters. The Morgan fingerprint density at radius 2 is 1.81 bits per heavy atom. The number of nitrogens with one attached hydrogen (secondary N) is 1. The first-order valence-corrected chi connectivity index (χ1v) is 7.75. The van der Waals surface area contributed by atoms with E-state index >= 15 is 0 Å². The van der Waals surface area contributed by atoms with Gasteiger partial charge in [-0.2, -0.15) is 5.26 Å². The van der Waals surface area contributed by atoms with Crippen molar-refractivity contribution in [1.29, 1.82) is 5.26 Å². The highest BCUT2D eigenvalue weighted by atomic mass is 35.5. The maximum atomic E-state index is 13.2. The van der Waals surface area contributed by atoms with Crippen LogP contribution >= 0.6 is 23.2 Å². The number of nitrogens with zero attached hydrogens (tertiary/aromatic N) is 1. The first-order chi connectivity index (χ1) is 9.83. The van der Waals surface area contributed by atoms with Crippen LogP contribution in [-0.4, -0.2) is 8.42 Å². The van der Waals surface area contributed by atoms with Crippen LogP contribution < -0.4 is 4.72 Å². The van der Waals surface area contributed by atoms with Crippen LogP contribution in [0.4, 0.5) is 10.1 Å². The molecule has 0 aliphatic carbocycles. The predicted octanol–water partition coefficient (Wildman–Crippen LogP) is 3.80. The Hall–Kier alpha value is -1.81. The summed E-state index contributed by atoms with van der Waals surface area (Å²) in [7, 11) is -4.10. The second-order valence-electron chi connectivity index (χ2n) is 3.99. The molecule has 0 aliphatic heterocycles. The molecule has 8 heteroatoms. The molecule has 2 aromatic carbocycles. The van der Waals surface area contributed by atoms with Crippen LogP contribution in [-0.2, 0) is 10.0 Å². The second-order valence-corrected chi connectivity index (χ2v) is 6.45. The molecule has 2 aromatic rings. The van der Waals surface area contributed by atoms with E-state index in [1.807, 2.05) is 6.07 Å². The molecule has 21 heavy (non-hydrogen) atoms. The van der Waals surface area contributed by atoms with E-state index in [1.165, 1.54) is 18.2 Å². The Morgan fingerprint density at radius 1 is 1.10 bits per heavy atom. The van der Waals surface area contributed by atoms with Crippen molar-refractivity contribution >= 4 is 38.9 Å². The maximum absolute atomic E-state index is 13.2. The van der Waals surface area contributed by atoms with E-state index in [0.717, 1.165) is 18.2 Å². The van der Waals surface area contributed by atoms with Gasteiger partial charge in [0, 0.05) is 0 Å².